The van der Waals surface area contributed by atoms with Crippen LogP contribution in [0.4, 0.5) is 11.5 Å². The Morgan fingerprint density at radius 2 is 2.00 bits per heavy atom. The Hall–Kier alpha value is -4.76. The molecule has 5 rings (SSSR count). The quantitative estimate of drug-likeness (QED) is 0.230. The maximum Gasteiger partial charge on any atom is 0.246 e. The second-order valence-corrected chi connectivity index (χ2v) is 9.44. The maximum absolute atomic E-state index is 12.0. The minimum atomic E-state index is -0.131. The molecule has 4 aromatic rings. The normalized spacial score (nSPS) is 13.0. The van der Waals surface area contributed by atoms with E-state index >= 15 is 0 Å². The third-order valence-corrected chi connectivity index (χ3v) is 6.36. The van der Waals surface area contributed by atoms with Gasteiger partial charge < -0.3 is 25.1 Å². The number of aryl methyl sites for hydroxylation is 2. The number of nitrogens with zero attached hydrogens (tertiary/aromatic N) is 3. The molecule has 3 aromatic heterocycles. The molecule has 0 saturated heterocycles. The number of amides is 1. The molecule has 3 heterocycles. The molecule has 0 unspecified atom stereocenters. The van der Waals surface area contributed by atoms with Gasteiger partial charge in [0.25, 0.3) is 0 Å². The van der Waals surface area contributed by atoms with Crippen molar-refractivity contribution in [3.05, 3.63) is 95.8 Å². The van der Waals surface area contributed by atoms with Gasteiger partial charge in [-0.1, -0.05) is 18.2 Å². The zero-order chi connectivity index (χ0) is 27.9. The standard InChI is InChI=1S/C31H32N6O3/c1-4-39-18-29(38)33-16-22-7-5-6-8-23(14-22)26-15-27-30(37-26)31(35-19-34-27)36-24-10-12-28(20(2)13-24)40-25-11-9-21(3)32-17-25/h6-15,17,19,37H,4-5,16,18H2,1-3H3,(H,33,38)(H,34,35,36). The number of hydrogen-bond donors (Lipinski definition) is 3. The number of rotatable bonds is 10. The van der Waals surface area contributed by atoms with Crippen LogP contribution < -0.4 is 15.4 Å². The molecule has 0 fully saturated rings. The van der Waals surface area contributed by atoms with Crippen LogP contribution in [0.15, 0.2) is 78.8 Å². The van der Waals surface area contributed by atoms with Gasteiger partial charge in [-0.3, -0.25) is 9.78 Å². The molecule has 0 saturated carbocycles. The fraction of sp³-hybridized carbons (Fsp3) is 0.226. The Labute approximate surface area is 233 Å². The minimum absolute atomic E-state index is 0.0641. The Morgan fingerprint density at radius 1 is 1.10 bits per heavy atom. The van der Waals surface area contributed by atoms with Gasteiger partial charge in [0.15, 0.2) is 5.82 Å². The van der Waals surface area contributed by atoms with Gasteiger partial charge in [0, 0.05) is 30.2 Å². The van der Waals surface area contributed by atoms with Gasteiger partial charge >= 0.3 is 0 Å². The summed E-state index contributed by atoms with van der Waals surface area (Å²) in [6, 6.07) is 11.7. The fourth-order valence-corrected chi connectivity index (χ4v) is 4.27. The summed E-state index contributed by atoms with van der Waals surface area (Å²) in [7, 11) is 0. The van der Waals surface area contributed by atoms with Gasteiger partial charge in [-0.25, -0.2) is 9.97 Å². The molecule has 9 nitrogen and oxygen atoms in total. The lowest BCUT2D eigenvalue weighted by Crippen LogP contribution is -2.29. The number of pyridine rings is 1. The van der Waals surface area contributed by atoms with Crippen LogP contribution >= 0.6 is 0 Å². The first kappa shape index (κ1) is 26.8. The molecule has 0 radical (unpaired) electrons. The molecule has 3 N–H and O–H groups in total. The van der Waals surface area contributed by atoms with Crippen LogP contribution in [0.5, 0.6) is 11.5 Å². The van der Waals surface area contributed by atoms with Gasteiger partial charge in [-0.05, 0) is 86.4 Å². The molecule has 0 bridgehead atoms. The smallest absolute Gasteiger partial charge is 0.246 e. The maximum atomic E-state index is 12.0. The van der Waals surface area contributed by atoms with Gasteiger partial charge in [0.1, 0.15) is 29.9 Å². The highest BCUT2D eigenvalue weighted by Gasteiger charge is 2.13. The Bertz CT molecular complexity index is 1600. The summed E-state index contributed by atoms with van der Waals surface area (Å²) in [5.41, 5.74) is 7.32. The van der Waals surface area contributed by atoms with Crippen molar-refractivity contribution in [3.8, 4) is 11.5 Å². The fourth-order valence-electron chi connectivity index (χ4n) is 4.27. The highest BCUT2D eigenvalue weighted by Crippen LogP contribution is 2.31. The second-order valence-electron chi connectivity index (χ2n) is 9.44. The minimum Gasteiger partial charge on any atom is -0.455 e. The molecular formula is C31H32N6O3. The molecule has 1 aliphatic carbocycles. The number of allylic oxidation sites excluding steroid dienone is 4. The van der Waals surface area contributed by atoms with Gasteiger partial charge in [0.05, 0.1) is 11.7 Å². The van der Waals surface area contributed by atoms with Crippen LogP contribution in [0.3, 0.4) is 0 Å². The first-order chi connectivity index (χ1) is 19.5. The summed E-state index contributed by atoms with van der Waals surface area (Å²) in [5.74, 6) is 1.99. The van der Waals surface area contributed by atoms with E-state index in [1.54, 1.807) is 12.5 Å². The lowest BCUT2D eigenvalue weighted by molar-refractivity contribution is -0.125. The Morgan fingerprint density at radius 3 is 2.80 bits per heavy atom. The number of anilines is 2. The molecule has 204 valence electrons. The zero-order valence-electron chi connectivity index (χ0n) is 22.8. The van der Waals surface area contributed by atoms with Crippen LogP contribution in [-0.4, -0.2) is 45.6 Å². The molecule has 1 aromatic carbocycles. The number of ether oxygens (including phenoxy) is 2. The average Bonchev–Trinajstić information content (AvgIpc) is 3.26. The third-order valence-electron chi connectivity index (χ3n) is 6.36. The summed E-state index contributed by atoms with van der Waals surface area (Å²) in [6.07, 6.45) is 12.4. The van der Waals surface area contributed by atoms with E-state index in [9.17, 15) is 4.79 Å². The number of carbonyl (C=O) groups is 1. The number of fused-ring (bicyclic) bond motifs is 1. The van der Waals surface area contributed by atoms with Crippen molar-refractivity contribution in [2.45, 2.75) is 27.2 Å². The van der Waals surface area contributed by atoms with Gasteiger partial charge in [0.2, 0.25) is 5.91 Å². The van der Waals surface area contributed by atoms with Crippen LogP contribution in [-0.2, 0) is 9.53 Å². The molecule has 40 heavy (non-hydrogen) atoms. The number of carbonyl (C=O) groups excluding carboxylic acids is 1. The van der Waals surface area contributed by atoms with Crippen molar-refractivity contribution in [3.63, 3.8) is 0 Å². The van der Waals surface area contributed by atoms with Crippen molar-refractivity contribution in [2.75, 3.05) is 25.1 Å². The second kappa shape index (κ2) is 12.4. The van der Waals surface area contributed by atoms with E-state index in [2.05, 4.69) is 54.9 Å². The lowest BCUT2D eigenvalue weighted by Gasteiger charge is -2.12. The molecule has 0 atom stereocenters. The van der Waals surface area contributed by atoms with E-state index < -0.39 is 0 Å². The van der Waals surface area contributed by atoms with Crippen molar-refractivity contribution >= 4 is 34.0 Å². The van der Waals surface area contributed by atoms with Crippen LogP contribution in [0.1, 0.15) is 30.3 Å². The first-order valence-electron chi connectivity index (χ1n) is 13.2. The predicted molar refractivity (Wildman–Crippen MR) is 157 cm³/mol. The summed E-state index contributed by atoms with van der Waals surface area (Å²) in [6.45, 7) is 6.82. The lowest BCUT2D eigenvalue weighted by atomic mass is 10.1. The average molecular weight is 537 g/mol. The van der Waals surface area contributed by atoms with Crippen LogP contribution in [0, 0.1) is 13.8 Å². The van der Waals surface area contributed by atoms with Gasteiger partial charge in [-0.15, -0.1) is 0 Å². The number of aromatic amines is 1. The van der Waals surface area contributed by atoms with E-state index in [-0.39, 0.29) is 12.5 Å². The number of nitrogens with one attached hydrogen (secondary N) is 3. The van der Waals surface area contributed by atoms with E-state index in [0.717, 1.165) is 57.0 Å². The summed E-state index contributed by atoms with van der Waals surface area (Å²) in [5, 5.41) is 6.33. The largest absolute Gasteiger partial charge is 0.455 e. The van der Waals surface area contributed by atoms with Crippen LogP contribution in [0.25, 0.3) is 16.6 Å². The van der Waals surface area contributed by atoms with Crippen LogP contribution in [0.2, 0.25) is 0 Å². The van der Waals surface area contributed by atoms with Crippen molar-refractivity contribution in [1.82, 2.24) is 25.3 Å². The monoisotopic (exact) mass is 536 g/mol. The zero-order valence-corrected chi connectivity index (χ0v) is 22.8. The highest BCUT2D eigenvalue weighted by atomic mass is 16.5. The Balaban J connectivity index is 1.33. The van der Waals surface area contributed by atoms with E-state index in [1.165, 1.54) is 0 Å². The van der Waals surface area contributed by atoms with Crippen molar-refractivity contribution < 1.29 is 14.3 Å². The summed E-state index contributed by atoms with van der Waals surface area (Å²) < 4.78 is 11.2. The number of hydrogen-bond acceptors (Lipinski definition) is 7. The number of benzene rings is 1. The van der Waals surface area contributed by atoms with Crippen molar-refractivity contribution in [2.24, 2.45) is 0 Å². The third kappa shape index (κ3) is 6.62. The molecule has 1 amide bonds. The molecule has 1 aliphatic rings. The Kier molecular flexibility index (Phi) is 8.32. The van der Waals surface area contributed by atoms with E-state index in [0.29, 0.717) is 24.7 Å². The van der Waals surface area contributed by atoms with Gasteiger partial charge in [-0.2, -0.15) is 0 Å². The molecule has 0 spiro atoms. The summed E-state index contributed by atoms with van der Waals surface area (Å²) in [4.78, 5) is 28.7. The predicted octanol–water partition coefficient (Wildman–Crippen LogP) is 5.93. The summed E-state index contributed by atoms with van der Waals surface area (Å²) >= 11 is 0. The molecular weight excluding hydrogens is 504 g/mol. The molecule has 0 aliphatic heterocycles. The first-order valence-corrected chi connectivity index (χ1v) is 13.2. The number of H-pyrrole nitrogens is 1. The molecule has 9 heteroatoms. The van der Waals surface area contributed by atoms with E-state index in [4.69, 9.17) is 9.47 Å². The highest BCUT2D eigenvalue weighted by molar-refractivity contribution is 5.92. The van der Waals surface area contributed by atoms with E-state index in [1.807, 2.05) is 57.2 Å². The number of aromatic nitrogens is 4. The van der Waals surface area contributed by atoms with Crippen molar-refractivity contribution in [1.29, 1.82) is 0 Å². The SMILES string of the molecule is CCOCC(=O)NCC1=CCC=CC(c2cc3ncnc(Nc4ccc(Oc5ccc(C)nc5)c(C)c4)c3[nH]2)=C1. The topological polar surface area (TPSA) is 114 Å².